The van der Waals surface area contributed by atoms with Crippen molar-refractivity contribution in [2.24, 2.45) is 0 Å². The van der Waals surface area contributed by atoms with Gasteiger partial charge in [-0.15, -0.1) is 4.57 Å². The van der Waals surface area contributed by atoms with Gasteiger partial charge in [-0.2, -0.15) is 0 Å². The lowest BCUT2D eigenvalue weighted by atomic mass is 10.1. The van der Waals surface area contributed by atoms with E-state index in [2.05, 4.69) is 0 Å². The van der Waals surface area contributed by atoms with Crippen LogP contribution >= 0.6 is 0 Å². The van der Waals surface area contributed by atoms with E-state index in [1.54, 1.807) is 19.2 Å². The Morgan fingerprint density at radius 1 is 1.23 bits per heavy atom. The van der Waals surface area contributed by atoms with E-state index in [0.29, 0.717) is 17.7 Å². The van der Waals surface area contributed by atoms with Gasteiger partial charge < -0.3 is 18.6 Å². The number of ether oxygens (including phenoxy) is 1. The predicted octanol–water partition coefficient (Wildman–Crippen LogP) is 1.11. The van der Waals surface area contributed by atoms with E-state index in [1.807, 2.05) is 25.1 Å². The smallest absolute Gasteiger partial charge is 0.442 e. The van der Waals surface area contributed by atoms with Crippen molar-refractivity contribution < 1.29 is 13.7 Å². The van der Waals surface area contributed by atoms with Crippen molar-refractivity contribution in [1.82, 2.24) is 9.47 Å². The van der Waals surface area contributed by atoms with E-state index in [1.165, 1.54) is 4.57 Å². The van der Waals surface area contributed by atoms with Gasteiger partial charge >= 0.3 is 11.3 Å². The van der Waals surface area contributed by atoms with Crippen molar-refractivity contribution in [2.45, 2.75) is 6.42 Å². The Balaban J connectivity index is 2.36. The maximum atomic E-state index is 11.5. The molecule has 3 rings (SSSR count). The van der Waals surface area contributed by atoms with Gasteiger partial charge in [-0.05, 0) is 38.7 Å². The van der Waals surface area contributed by atoms with Crippen LogP contribution in [0.1, 0.15) is 5.56 Å². The van der Waals surface area contributed by atoms with Gasteiger partial charge in [0.15, 0.2) is 0 Å². The molecular formula is C15H16N2O5. The van der Waals surface area contributed by atoms with Gasteiger partial charge in [0.05, 0.1) is 12.6 Å². The molecule has 0 radical (unpaired) electrons. The van der Waals surface area contributed by atoms with Gasteiger partial charge in [-0.3, -0.25) is 0 Å². The van der Waals surface area contributed by atoms with Gasteiger partial charge in [0.2, 0.25) is 5.71 Å². The highest BCUT2D eigenvalue weighted by Gasteiger charge is 2.18. The van der Waals surface area contributed by atoms with E-state index >= 15 is 0 Å². The normalized spacial score (nSPS) is 11.6. The number of aromatic nitrogens is 1. The molecule has 0 aliphatic heterocycles. The summed E-state index contributed by atoms with van der Waals surface area (Å²) in [7, 11) is 5.49. The molecule has 3 aromatic rings. The van der Waals surface area contributed by atoms with E-state index in [4.69, 9.17) is 13.7 Å². The minimum atomic E-state index is -1.03. The van der Waals surface area contributed by atoms with E-state index in [9.17, 15) is 9.59 Å². The summed E-state index contributed by atoms with van der Waals surface area (Å²) in [5, 5.41) is 0.832. The van der Waals surface area contributed by atoms with Crippen LogP contribution in [0.2, 0.25) is 0 Å². The van der Waals surface area contributed by atoms with Crippen LogP contribution in [-0.4, -0.2) is 37.2 Å². The maximum absolute atomic E-state index is 11.5. The summed E-state index contributed by atoms with van der Waals surface area (Å²) in [6.45, 7) is 0.759. The van der Waals surface area contributed by atoms with Gasteiger partial charge in [0.25, 0.3) is 0 Å². The van der Waals surface area contributed by atoms with Crippen molar-refractivity contribution in [3.05, 3.63) is 44.6 Å². The molecule has 0 aliphatic rings. The molecule has 0 bridgehead atoms. The Labute approximate surface area is 125 Å². The van der Waals surface area contributed by atoms with Crippen LogP contribution in [0.5, 0.6) is 5.75 Å². The number of nitrogens with zero attached hydrogens (tertiary/aromatic N) is 2. The summed E-state index contributed by atoms with van der Waals surface area (Å²) in [4.78, 5) is 25.0. The van der Waals surface area contributed by atoms with Crippen molar-refractivity contribution in [2.75, 3.05) is 27.7 Å². The minimum absolute atomic E-state index is 0.259. The van der Waals surface area contributed by atoms with Crippen LogP contribution in [0.3, 0.4) is 0 Å². The van der Waals surface area contributed by atoms with Gasteiger partial charge in [-0.25, -0.2) is 9.59 Å². The first-order valence-electron chi connectivity index (χ1n) is 6.82. The molecule has 2 heterocycles. The molecule has 0 aliphatic carbocycles. The third-order valence-electron chi connectivity index (χ3n) is 3.53. The molecular weight excluding hydrogens is 288 g/mol. The summed E-state index contributed by atoms with van der Waals surface area (Å²) in [6, 6.07) is 5.37. The Kier molecular flexibility index (Phi) is 3.50. The zero-order valence-electron chi connectivity index (χ0n) is 12.6. The van der Waals surface area contributed by atoms with Crippen LogP contribution in [0.4, 0.5) is 0 Å². The highest BCUT2D eigenvalue weighted by Crippen LogP contribution is 2.29. The number of methoxy groups -OCH3 is 1. The fourth-order valence-corrected chi connectivity index (χ4v) is 2.43. The monoisotopic (exact) mass is 304 g/mol. The van der Waals surface area contributed by atoms with Crippen LogP contribution in [0.15, 0.2) is 36.7 Å². The number of fused-ring (bicyclic) bond motifs is 3. The summed E-state index contributed by atoms with van der Waals surface area (Å²) >= 11 is 0. The fourth-order valence-electron chi connectivity index (χ4n) is 2.43. The molecule has 0 amide bonds. The Morgan fingerprint density at radius 2 is 2.00 bits per heavy atom. The lowest BCUT2D eigenvalue weighted by Crippen LogP contribution is -2.23. The SMILES string of the molecule is COc1ccc2c(c1)c(CCN(C)C)c1oc(=O)c(=O)on12. The largest absolute Gasteiger partial charge is 0.497 e. The third kappa shape index (κ3) is 2.29. The highest BCUT2D eigenvalue weighted by molar-refractivity contribution is 5.90. The predicted molar refractivity (Wildman–Crippen MR) is 80.8 cm³/mol. The van der Waals surface area contributed by atoms with Gasteiger partial charge in [0, 0.05) is 17.5 Å². The van der Waals surface area contributed by atoms with Crippen molar-refractivity contribution >= 4 is 16.6 Å². The molecule has 0 spiro atoms. The molecule has 2 aromatic heterocycles. The molecule has 22 heavy (non-hydrogen) atoms. The van der Waals surface area contributed by atoms with Crippen LogP contribution < -0.4 is 16.0 Å². The van der Waals surface area contributed by atoms with Crippen LogP contribution in [0.25, 0.3) is 16.6 Å². The molecule has 0 saturated carbocycles. The van der Waals surface area contributed by atoms with Crippen molar-refractivity contribution in [3.63, 3.8) is 0 Å². The highest BCUT2D eigenvalue weighted by atomic mass is 16.5. The average Bonchev–Trinajstić information content (AvgIpc) is 2.78. The van der Waals surface area contributed by atoms with Crippen molar-refractivity contribution in [1.29, 1.82) is 0 Å². The number of hydrogen-bond donors (Lipinski definition) is 0. The second-order valence-electron chi connectivity index (χ2n) is 5.28. The molecule has 7 heteroatoms. The average molecular weight is 304 g/mol. The molecule has 1 aromatic carbocycles. The Morgan fingerprint density at radius 3 is 2.68 bits per heavy atom. The molecule has 0 N–H and O–H groups in total. The molecule has 7 nitrogen and oxygen atoms in total. The zero-order chi connectivity index (χ0) is 15.9. The second-order valence-corrected chi connectivity index (χ2v) is 5.28. The van der Waals surface area contributed by atoms with E-state index in [-0.39, 0.29) is 5.71 Å². The standard InChI is InChI=1S/C15H16N2O5/c1-16(2)7-6-10-11-8-9(20-3)4-5-12(11)17-13(10)21-14(18)15(19)22-17/h4-5,8H,6-7H2,1-3H3. The summed E-state index contributed by atoms with van der Waals surface area (Å²) in [5.74, 6) is 0.680. The first kappa shape index (κ1) is 14.4. The lowest BCUT2D eigenvalue weighted by Gasteiger charge is -2.08. The van der Waals surface area contributed by atoms with E-state index < -0.39 is 11.3 Å². The fraction of sp³-hybridized carbons (Fsp3) is 0.333. The summed E-state index contributed by atoms with van der Waals surface area (Å²) < 4.78 is 16.7. The van der Waals surface area contributed by atoms with Gasteiger partial charge in [0.1, 0.15) is 5.75 Å². The molecule has 0 atom stereocenters. The summed E-state index contributed by atoms with van der Waals surface area (Å²) in [5.41, 5.74) is -0.309. The van der Waals surface area contributed by atoms with Crippen LogP contribution in [0, 0.1) is 0 Å². The zero-order valence-corrected chi connectivity index (χ0v) is 12.6. The number of likely N-dealkylation sites (N-methyl/N-ethyl adjacent to an activating group) is 1. The van der Waals surface area contributed by atoms with Gasteiger partial charge in [-0.1, -0.05) is 0 Å². The quantitative estimate of drug-likeness (QED) is 0.672. The molecule has 0 saturated heterocycles. The number of rotatable bonds is 4. The first-order valence-corrected chi connectivity index (χ1v) is 6.82. The molecule has 0 fully saturated rings. The van der Waals surface area contributed by atoms with Crippen LogP contribution in [-0.2, 0) is 6.42 Å². The lowest BCUT2D eigenvalue weighted by molar-refractivity contribution is 0.285. The topological polar surface area (TPSA) is 77.3 Å². The summed E-state index contributed by atoms with van der Waals surface area (Å²) in [6.07, 6.45) is 0.643. The third-order valence-corrected chi connectivity index (χ3v) is 3.53. The number of benzene rings is 1. The Hall–Kier alpha value is -2.54. The van der Waals surface area contributed by atoms with Crippen molar-refractivity contribution in [3.8, 4) is 5.75 Å². The second kappa shape index (κ2) is 5.34. The minimum Gasteiger partial charge on any atom is -0.497 e. The molecule has 116 valence electrons. The van der Waals surface area contributed by atoms with E-state index in [0.717, 1.165) is 17.5 Å². The first-order chi connectivity index (χ1) is 10.5. The maximum Gasteiger partial charge on any atom is 0.442 e. The molecule has 0 unspecified atom stereocenters. The Bertz CT molecular complexity index is 948. The number of hydrogen-bond acceptors (Lipinski definition) is 6.